The van der Waals surface area contributed by atoms with E-state index in [1.165, 1.54) is 18.3 Å². The van der Waals surface area contributed by atoms with Gasteiger partial charge in [-0.05, 0) is 66.2 Å². The molecule has 0 spiro atoms. The number of benzene rings is 3. The van der Waals surface area contributed by atoms with Crippen molar-refractivity contribution in [3.63, 3.8) is 0 Å². The van der Waals surface area contributed by atoms with E-state index in [9.17, 15) is 18.8 Å². The van der Waals surface area contributed by atoms with Crippen LogP contribution in [0, 0.1) is 5.82 Å². The number of carbonyl (C=O) groups is 3. The Morgan fingerprint density at radius 1 is 0.912 bits per heavy atom. The van der Waals surface area contributed by atoms with Crippen molar-refractivity contribution in [3.8, 4) is 5.75 Å². The smallest absolute Gasteiger partial charge is 0.329 e. The number of carbonyl (C=O) groups excluding carboxylic acids is 3. The first-order valence-corrected chi connectivity index (χ1v) is 10.4. The third kappa shape index (κ3) is 7.29. The first-order chi connectivity index (χ1) is 16.3. The van der Waals surface area contributed by atoms with Gasteiger partial charge in [-0.1, -0.05) is 29.3 Å². The fraction of sp³-hybridized carbons (Fsp3) is 0.0435. The van der Waals surface area contributed by atoms with Crippen LogP contribution in [0.1, 0.15) is 5.56 Å². The lowest BCUT2D eigenvalue weighted by molar-refractivity contribution is -0.136. The summed E-state index contributed by atoms with van der Waals surface area (Å²) in [5, 5.41) is 9.19. The van der Waals surface area contributed by atoms with Gasteiger partial charge in [-0.2, -0.15) is 5.10 Å². The van der Waals surface area contributed by atoms with Crippen LogP contribution in [-0.2, 0) is 14.4 Å². The van der Waals surface area contributed by atoms with E-state index in [-0.39, 0.29) is 17.3 Å². The molecule has 0 aliphatic heterocycles. The van der Waals surface area contributed by atoms with Gasteiger partial charge in [0.15, 0.2) is 6.61 Å². The minimum atomic E-state index is -0.994. The molecular formula is C23H17Cl2FN4O4. The summed E-state index contributed by atoms with van der Waals surface area (Å²) in [6.45, 7) is -0.254. The highest BCUT2D eigenvalue weighted by Crippen LogP contribution is 2.29. The van der Waals surface area contributed by atoms with Gasteiger partial charge in [0.05, 0.1) is 21.9 Å². The van der Waals surface area contributed by atoms with E-state index >= 15 is 0 Å². The number of hydrogen-bond donors (Lipinski definition) is 3. The zero-order chi connectivity index (χ0) is 24.5. The number of halogens is 3. The van der Waals surface area contributed by atoms with Crippen molar-refractivity contribution in [2.24, 2.45) is 5.10 Å². The molecule has 0 bridgehead atoms. The molecule has 11 heteroatoms. The van der Waals surface area contributed by atoms with Crippen LogP contribution in [0.3, 0.4) is 0 Å². The molecule has 0 aromatic heterocycles. The summed E-state index contributed by atoms with van der Waals surface area (Å²) < 4.78 is 18.3. The Morgan fingerprint density at radius 3 is 2.32 bits per heavy atom. The van der Waals surface area contributed by atoms with E-state index in [4.69, 9.17) is 27.9 Å². The maximum Gasteiger partial charge on any atom is 0.329 e. The van der Waals surface area contributed by atoms with Gasteiger partial charge in [0.25, 0.3) is 5.91 Å². The second-order valence-electron chi connectivity index (χ2n) is 6.67. The third-order valence-corrected chi connectivity index (χ3v) is 4.98. The highest BCUT2D eigenvalue weighted by atomic mass is 35.5. The lowest BCUT2D eigenvalue weighted by Gasteiger charge is -2.09. The van der Waals surface area contributed by atoms with Crippen molar-refractivity contribution in [3.05, 3.63) is 88.2 Å². The summed E-state index contributed by atoms with van der Waals surface area (Å²) in [6.07, 6.45) is 1.32. The first-order valence-electron chi connectivity index (χ1n) is 9.68. The van der Waals surface area contributed by atoms with Crippen LogP contribution in [0.15, 0.2) is 71.8 Å². The number of hydrogen-bond acceptors (Lipinski definition) is 5. The molecule has 0 saturated carbocycles. The lowest BCUT2D eigenvalue weighted by atomic mass is 10.2. The topological polar surface area (TPSA) is 109 Å². The highest BCUT2D eigenvalue weighted by molar-refractivity contribution is 6.44. The molecule has 0 atom stereocenters. The van der Waals surface area contributed by atoms with Gasteiger partial charge in [-0.15, -0.1) is 0 Å². The fourth-order valence-corrected chi connectivity index (χ4v) is 2.87. The largest absolute Gasteiger partial charge is 0.484 e. The molecule has 0 aliphatic carbocycles. The quantitative estimate of drug-likeness (QED) is 0.255. The molecule has 34 heavy (non-hydrogen) atoms. The standard InChI is InChI=1S/C23H17Cl2FN4O4/c24-18-2-1-3-19(21(18)25)29-20(31)13-34-17-10-4-14(5-11-17)12-27-30-23(33)22(32)28-16-8-6-15(26)7-9-16/h1-12H,13H2,(H,28,32)(H,29,31)(H,30,33)/b27-12-. The SMILES string of the molecule is O=C(COc1ccc(/C=N\NC(=O)C(=O)Nc2ccc(F)cc2)cc1)Nc1cccc(Cl)c1Cl. The number of nitrogens with zero attached hydrogens (tertiary/aromatic N) is 1. The summed E-state index contributed by atoms with van der Waals surface area (Å²) in [6, 6.07) is 16.3. The number of hydrazone groups is 1. The molecule has 0 heterocycles. The molecular weight excluding hydrogens is 486 g/mol. The van der Waals surface area contributed by atoms with E-state index in [0.717, 1.165) is 12.1 Å². The van der Waals surface area contributed by atoms with Crippen LogP contribution in [0.5, 0.6) is 5.75 Å². The van der Waals surface area contributed by atoms with Crippen LogP contribution in [0.2, 0.25) is 10.0 Å². The molecule has 0 unspecified atom stereocenters. The molecule has 3 N–H and O–H groups in total. The highest BCUT2D eigenvalue weighted by Gasteiger charge is 2.13. The first kappa shape index (κ1) is 24.7. The van der Waals surface area contributed by atoms with Crippen molar-refractivity contribution >= 4 is 58.5 Å². The van der Waals surface area contributed by atoms with Crippen LogP contribution < -0.4 is 20.8 Å². The van der Waals surface area contributed by atoms with Gasteiger partial charge < -0.3 is 15.4 Å². The molecule has 3 rings (SSSR count). The Balaban J connectivity index is 1.44. The Labute approximate surface area is 203 Å². The molecule has 0 fully saturated rings. The minimum Gasteiger partial charge on any atom is -0.484 e. The lowest BCUT2D eigenvalue weighted by Crippen LogP contribution is -2.32. The molecule has 3 aromatic carbocycles. The van der Waals surface area contributed by atoms with Crippen molar-refractivity contribution in [1.29, 1.82) is 0 Å². The van der Waals surface area contributed by atoms with Crippen molar-refractivity contribution in [2.45, 2.75) is 0 Å². The number of nitrogens with one attached hydrogen (secondary N) is 3. The van der Waals surface area contributed by atoms with E-state index < -0.39 is 23.5 Å². The molecule has 0 saturated heterocycles. The summed E-state index contributed by atoms with van der Waals surface area (Å²) in [5.41, 5.74) is 3.33. The molecule has 174 valence electrons. The fourth-order valence-electron chi connectivity index (χ4n) is 2.52. The number of amides is 3. The average Bonchev–Trinajstić information content (AvgIpc) is 2.83. The normalized spacial score (nSPS) is 10.6. The van der Waals surface area contributed by atoms with Crippen molar-refractivity contribution in [1.82, 2.24) is 5.43 Å². The summed E-state index contributed by atoms with van der Waals surface area (Å²) in [5.74, 6) is -2.41. The zero-order valence-electron chi connectivity index (χ0n) is 17.3. The Bertz CT molecular complexity index is 1220. The molecule has 0 radical (unpaired) electrons. The van der Waals surface area contributed by atoms with Gasteiger partial charge >= 0.3 is 11.8 Å². The minimum absolute atomic E-state index is 0.237. The maximum absolute atomic E-state index is 12.9. The predicted octanol–water partition coefficient (Wildman–Crippen LogP) is 4.24. The molecule has 0 aliphatic rings. The second-order valence-corrected chi connectivity index (χ2v) is 7.45. The monoisotopic (exact) mass is 502 g/mol. The van der Waals surface area contributed by atoms with Gasteiger partial charge in [0.2, 0.25) is 0 Å². The zero-order valence-corrected chi connectivity index (χ0v) is 18.9. The Morgan fingerprint density at radius 2 is 1.62 bits per heavy atom. The summed E-state index contributed by atoms with van der Waals surface area (Å²) in [7, 11) is 0. The predicted molar refractivity (Wildman–Crippen MR) is 128 cm³/mol. The van der Waals surface area contributed by atoms with Gasteiger partial charge in [-0.25, -0.2) is 9.82 Å². The van der Waals surface area contributed by atoms with Gasteiger partial charge in [0.1, 0.15) is 11.6 Å². The summed E-state index contributed by atoms with van der Waals surface area (Å²) >= 11 is 11.9. The van der Waals surface area contributed by atoms with Crippen molar-refractivity contribution in [2.75, 3.05) is 17.2 Å². The van der Waals surface area contributed by atoms with E-state index in [0.29, 0.717) is 22.0 Å². The summed E-state index contributed by atoms with van der Waals surface area (Å²) in [4.78, 5) is 35.7. The van der Waals surface area contributed by atoms with Gasteiger partial charge in [-0.3, -0.25) is 14.4 Å². The number of ether oxygens (including phenoxy) is 1. The van der Waals surface area contributed by atoms with E-state index in [1.54, 1.807) is 42.5 Å². The Hall–Kier alpha value is -3.95. The van der Waals surface area contributed by atoms with Crippen molar-refractivity contribution < 1.29 is 23.5 Å². The molecule has 3 aromatic rings. The van der Waals surface area contributed by atoms with Crippen LogP contribution >= 0.6 is 23.2 Å². The van der Waals surface area contributed by atoms with E-state index in [2.05, 4.69) is 21.2 Å². The van der Waals surface area contributed by atoms with Crippen LogP contribution in [0.25, 0.3) is 0 Å². The number of rotatable bonds is 7. The van der Waals surface area contributed by atoms with E-state index in [1.807, 2.05) is 0 Å². The second kappa shape index (κ2) is 11.8. The third-order valence-electron chi connectivity index (χ3n) is 4.16. The maximum atomic E-state index is 12.9. The molecule has 3 amide bonds. The average molecular weight is 503 g/mol. The molecule has 8 nitrogen and oxygen atoms in total. The number of anilines is 2. The van der Waals surface area contributed by atoms with Crippen LogP contribution in [-0.4, -0.2) is 30.5 Å². The Kier molecular flexibility index (Phi) is 8.55. The van der Waals surface area contributed by atoms with Crippen LogP contribution in [0.4, 0.5) is 15.8 Å². The van der Waals surface area contributed by atoms with Gasteiger partial charge in [0, 0.05) is 5.69 Å².